The van der Waals surface area contributed by atoms with Crippen molar-refractivity contribution < 1.29 is 9.53 Å². The normalized spacial score (nSPS) is 10.8. The number of carbonyl (C=O) groups excluding carboxylic acids is 1. The van der Waals surface area contributed by atoms with E-state index in [0.717, 1.165) is 33.5 Å². The van der Waals surface area contributed by atoms with Crippen LogP contribution in [0.3, 0.4) is 0 Å². The van der Waals surface area contributed by atoms with Crippen molar-refractivity contribution in [1.82, 2.24) is 24.9 Å². The van der Waals surface area contributed by atoms with E-state index in [4.69, 9.17) is 4.74 Å². The molecule has 33 heavy (non-hydrogen) atoms. The molecule has 0 bridgehead atoms. The number of methoxy groups -OCH3 is 1. The van der Waals surface area contributed by atoms with Crippen molar-refractivity contribution in [3.8, 4) is 11.1 Å². The third-order valence-corrected chi connectivity index (χ3v) is 5.30. The summed E-state index contributed by atoms with van der Waals surface area (Å²) in [4.78, 5) is 34.7. The summed E-state index contributed by atoms with van der Waals surface area (Å²) in [6.07, 6.45) is 10.5. The van der Waals surface area contributed by atoms with E-state index >= 15 is 0 Å². The number of H-pyrrole nitrogens is 1. The van der Waals surface area contributed by atoms with Crippen LogP contribution in [0.15, 0.2) is 85.7 Å². The van der Waals surface area contributed by atoms with Gasteiger partial charge in [-0.15, -0.1) is 0 Å². The SMILES string of the molecule is COC(=O)c1ccc(CN(c2cnccn2)c2cc(-c3cnc4[nH]ccc4c3)ccn2)cc1. The van der Waals surface area contributed by atoms with Gasteiger partial charge in [0.2, 0.25) is 0 Å². The average molecular weight is 436 g/mol. The highest BCUT2D eigenvalue weighted by molar-refractivity contribution is 5.89. The molecule has 4 heterocycles. The minimum atomic E-state index is -0.366. The maximum absolute atomic E-state index is 11.8. The zero-order chi connectivity index (χ0) is 22.6. The number of ether oxygens (including phenoxy) is 1. The van der Waals surface area contributed by atoms with Gasteiger partial charge in [0.1, 0.15) is 11.5 Å². The highest BCUT2D eigenvalue weighted by Gasteiger charge is 2.15. The van der Waals surface area contributed by atoms with Gasteiger partial charge in [-0.2, -0.15) is 0 Å². The van der Waals surface area contributed by atoms with E-state index in [-0.39, 0.29) is 5.97 Å². The van der Waals surface area contributed by atoms with Gasteiger partial charge in [-0.25, -0.2) is 19.7 Å². The van der Waals surface area contributed by atoms with Crippen molar-refractivity contribution in [1.29, 1.82) is 0 Å². The van der Waals surface area contributed by atoms with Crippen LogP contribution < -0.4 is 4.90 Å². The fourth-order valence-corrected chi connectivity index (χ4v) is 3.60. The summed E-state index contributed by atoms with van der Waals surface area (Å²) in [6, 6.07) is 15.3. The van der Waals surface area contributed by atoms with E-state index in [1.165, 1.54) is 7.11 Å². The molecule has 0 saturated heterocycles. The lowest BCUT2D eigenvalue weighted by Gasteiger charge is -2.23. The number of hydrogen-bond acceptors (Lipinski definition) is 7. The van der Waals surface area contributed by atoms with Crippen LogP contribution in [0.2, 0.25) is 0 Å². The van der Waals surface area contributed by atoms with Crippen LogP contribution in [0.25, 0.3) is 22.2 Å². The predicted octanol–water partition coefficient (Wildman–Crippen LogP) is 4.54. The van der Waals surface area contributed by atoms with Gasteiger partial charge < -0.3 is 14.6 Å². The number of nitrogens with one attached hydrogen (secondary N) is 1. The Labute approximate surface area is 190 Å². The predicted molar refractivity (Wildman–Crippen MR) is 125 cm³/mol. The molecule has 1 N–H and O–H groups in total. The number of anilines is 2. The zero-order valence-electron chi connectivity index (χ0n) is 17.8. The molecule has 4 aromatic heterocycles. The standard InChI is InChI=1S/C25H20N6O2/c1-33-25(32)18-4-2-17(3-5-18)16-31(23-15-26-10-11-28-23)22-13-19(6-8-27-22)21-12-20-7-9-29-24(20)30-14-21/h2-15H,16H2,1H3,(H,29,30). The Hall–Kier alpha value is -4.59. The first-order valence-electron chi connectivity index (χ1n) is 10.3. The number of hydrogen-bond donors (Lipinski definition) is 1. The van der Waals surface area contributed by atoms with Gasteiger partial charge in [-0.1, -0.05) is 12.1 Å². The number of aromatic nitrogens is 5. The van der Waals surface area contributed by atoms with E-state index in [9.17, 15) is 4.79 Å². The van der Waals surface area contributed by atoms with Crippen molar-refractivity contribution in [2.45, 2.75) is 6.54 Å². The molecular formula is C25H20N6O2. The Kier molecular flexibility index (Phi) is 5.47. The van der Waals surface area contributed by atoms with Gasteiger partial charge >= 0.3 is 5.97 Å². The van der Waals surface area contributed by atoms with Gasteiger partial charge in [-0.3, -0.25) is 4.98 Å². The Balaban J connectivity index is 1.50. The lowest BCUT2D eigenvalue weighted by atomic mass is 10.1. The van der Waals surface area contributed by atoms with Crippen LogP contribution in [0, 0.1) is 0 Å². The van der Waals surface area contributed by atoms with Gasteiger partial charge in [0.05, 0.1) is 25.4 Å². The first kappa shape index (κ1) is 20.3. The van der Waals surface area contributed by atoms with Gasteiger partial charge in [0.25, 0.3) is 0 Å². The highest BCUT2D eigenvalue weighted by atomic mass is 16.5. The molecule has 0 amide bonds. The molecule has 0 fully saturated rings. The largest absolute Gasteiger partial charge is 0.465 e. The van der Waals surface area contributed by atoms with E-state index in [1.54, 1.807) is 36.9 Å². The molecular weight excluding hydrogens is 416 g/mol. The monoisotopic (exact) mass is 436 g/mol. The summed E-state index contributed by atoms with van der Waals surface area (Å²) in [6.45, 7) is 0.492. The van der Waals surface area contributed by atoms with Crippen LogP contribution in [-0.4, -0.2) is 38.0 Å². The Morgan fingerprint density at radius 2 is 1.76 bits per heavy atom. The molecule has 0 radical (unpaired) electrons. The summed E-state index contributed by atoms with van der Waals surface area (Å²) in [7, 11) is 1.37. The molecule has 1 aromatic carbocycles. The summed E-state index contributed by atoms with van der Waals surface area (Å²) >= 11 is 0. The van der Waals surface area contributed by atoms with Crippen molar-refractivity contribution in [2.24, 2.45) is 0 Å². The second-order valence-corrected chi connectivity index (χ2v) is 7.38. The molecule has 0 aliphatic heterocycles. The van der Waals surface area contributed by atoms with E-state index in [2.05, 4.69) is 31.0 Å². The average Bonchev–Trinajstić information content (AvgIpc) is 3.36. The number of nitrogens with zero attached hydrogens (tertiary/aromatic N) is 5. The second kappa shape index (κ2) is 8.88. The molecule has 5 aromatic rings. The van der Waals surface area contributed by atoms with E-state index in [1.807, 2.05) is 47.6 Å². The van der Waals surface area contributed by atoms with Crippen LogP contribution >= 0.6 is 0 Å². The van der Waals surface area contributed by atoms with Crippen molar-refractivity contribution in [3.05, 3.63) is 96.8 Å². The zero-order valence-corrected chi connectivity index (χ0v) is 17.8. The van der Waals surface area contributed by atoms with Crippen LogP contribution in [0.4, 0.5) is 11.6 Å². The highest BCUT2D eigenvalue weighted by Crippen LogP contribution is 2.29. The van der Waals surface area contributed by atoms with E-state index in [0.29, 0.717) is 17.9 Å². The fourth-order valence-electron chi connectivity index (χ4n) is 3.60. The number of benzene rings is 1. The summed E-state index contributed by atoms with van der Waals surface area (Å²) < 4.78 is 4.79. The molecule has 0 saturated carbocycles. The van der Waals surface area contributed by atoms with Gasteiger partial charge in [0.15, 0.2) is 5.82 Å². The van der Waals surface area contributed by atoms with Crippen LogP contribution in [0.5, 0.6) is 0 Å². The number of fused-ring (bicyclic) bond motifs is 1. The number of pyridine rings is 2. The topological polar surface area (TPSA) is 96.9 Å². The molecule has 0 aliphatic rings. The molecule has 0 atom stereocenters. The minimum Gasteiger partial charge on any atom is -0.465 e. The molecule has 0 aliphatic carbocycles. The maximum Gasteiger partial charge on any atom is 0.337 e. The molecule has 0 unspecified atom stereocenters. The lowest BCUT2D eigenvalue weighted by molar-refractivity contribution is 0.0600. The van der Waals surface area contributed by atoms with E-state index < -0.39 is 0 Å². The van der Waals surface area contributed by atoms with Crippen molar-refractivity contribution in [3.63, 3.8) is 0 Å². The molecule has 8 nitrogen and oxygen atoms in total. The smallest absolute Gasteiger partial charge is 0.337 e. The molecule has 0 spiro atoms. The van der Waals surface area contributed by atoms with Crippen molar-refractivity contribution in [2.75, 3.05) is 12.0 Å². The fraction of sp³-hybridized carbons (Fsp3) is 0.0800. The van der Waals surface area contributed by atoms with Gasteiger partial charge in [0, 0.05) is 41.9 Å². The third kappa shape index (κ3) is 4.27. The number of esters is 1. The van der Waals surface area contributed by atoms with Crippen LogP contribution in [-0.2, 0) is 11.3 Å². The lowest BCUT2D eigenvalue weighted by Crippen LogP contribution is -2.19. The molecule has 162 valence electrons. The first-order valence-corrected chi connectivity index (χ1v) is 10.3. The quantitative estimate of drug-likeness (QED) is 0.390. The maximum atomic E-state index is 11.8. The number of carbonyl (C=O) groups is 1. The van der Waals surface area contributed by atoms with Crippen LogP contribution in [0.1, 0.15) is 15.9 Å². The Morgan fingerprint density at radius 1 is 0.909 bits per heavy atom. The molecule has 8 heteroatoms. The summed E-state index contributed by atoms with van der Waals surface area (Å²) in [5.74, 6) is 1.02. The second-order valence-electron chi connectivity index (χ2n) is 7.38. The first-order chi connectivity index (χ1) is 16.2. The third-order valence-electron chi connectivity index (χ3n) is 5.30. The minimum absolute atomic E-state index is 0.366. The van der Waals surface area contributed by atoms with Gasteiger partial charge in [-0.05, 0) is 47.5 Å². The van der Waals surface area contributed by atoms with Crippen molar-refractivity contribution >= 4 is 28.6 Å². The summed E-state index contributed by atoms with van der Waals surface area (Å²) in [5, 5.41) is 1.04. The molecule has 5 rings (SSSR count). The number of rotatable bonds is 6. The number of aromatic amines is 1. The summed E-state index contributed by atoms with van der Waals surface area (Å²) in [5.41, 5.74) is 4.32. The Bertz CT molecular complexity index is 1400. The Morgan fingerprint density at radius 3 is 2.55 bits per heavy atom.